The maximum atomic E-state index is 13.5. The number of carbonyl (C=O) groups is 5. The monoisotopic (exact) mass is 789 g/mol. The number of amides is 5. The maximum Gasteiger partial charge on any atom is 0.417 e. The zero-order valence-electron chi connectivity index (χ0n) is 31.4. The average molecular weight is 790 g/mol. The molecule has 13 nitrogen and oxygen atoms in total. The standard InChI is InChI=1S/C41H42F3N5O8/c1-40(2)24-48(39(54)35(40)57-28-14-11-26(22-45)30(21-28)41(42,43)44)23-25-9-12-27(13-10-25)56-19-5-3-4-18-55-20-17-46-31-8-6-7-29-34(31)38(53)49(37(29)52)32-15-16-33(50)47-36(32)51/h6-14,21,32,35,46H,3-5,15-20,23-24H2,1-2H3,(H,47,50,51). The van der Waals surface area contributed by atoms with Gasteiger partial charge >= 0.3 is 6.18 Å². The summed E-state index contributed by atoms with van der Waals surface area (Å²) in [6.45, 7) is 6.01. The second-order valence-electron chi connectivity index (χ2n) is 14.8. The Morgan fingerprint density at radius 2 is 1.67 bits per heavy atom. The number of hydrogen-bond donors (Lipinski definition) is 2. The van der Waals surface area contributed by atoms with E-state index >= 15 is 0 Å². The first-order valence-corrected chi connectivity index (χ1v) is 18.6. The number of anilines is 1. The first-order chi connectivity index (χ1) is 27.2. The molecule has 0 radical (unpaired) electrons. The number of nitrogens with one attached hydrogen (secondary N) is 2. The smallest absolute Gasteiger partial charge is 0.417 e. The number of nitriles is 1. The van der Waals surface area contributed by atoms with E-state index in [1.807, 2.05) is 38.1 Å². The quantitative estimate of drug-likeness (QED) is 0.140. The lowest BCUT2D eigenvalue weighted by molar-refractivity contribution is -0.138. The fourth-order valence-electron chi connectivity index (χ4n) is 7.17. The van der Waals surface area contributed by atoms with Crippen LogP contribution in [0, 0.1) is 16.7 Å². The van der Waals surface area contributed by atoms with Gasteiger partial charge in [-0.05, 0) is 73.7 Å². The fourth-order valence-corrected chi connectivity index (χ4v) is 7.17. The summed E-state index contributed by atoms with van der Waals surface area (Å²) in [7, 11) is 0. The van der Waals surface area contributed by atoms with E-state index in [9.17, 15) is 37.1 Å². The molecule has 0 aromatic heterocycles. The number of alkyl halides is 3. The van der Waals surface area contributed by atoms with Crippen molar-refractivity contribution in [1.29, 1.82) is 5.26 Å². The Hall–Kier alpha value is -5.95. The lowest BCUT2D eigenvalue weighted by Crippen LogP contribution is -2.54. The highest BCUT2D eigenvalue weighted by molar-refractivity contribution is 6.25. The van der Waals surface area contributed by atoms with Crippen molar-refractivity contribution in [3.8, 4) is 17.6 Å². The van der Waals surface area contributed by atoms with Crippen molar-refractivity contribution < 1.29 is 51.4 Å². The van der Waals surface area contributed by atoms with Crippen LogP contribution in [-0.2, 0) is 31.8 Å². The Balaban J connectivity index is 0.873. The molecule has 3 aromatic carbocycles. The molecule has 3 heterocycles. The third-order valence-electron chi connectivity index (χ3n) is 10.0. The third-order valence-corrected chi connectivity index (χ3v) is 10.0. The molecule has 5 amide bonds. The number of ether oxygens (including phenoxy) is 3. The van der Waals surface area contributed by atoms with Gasteiger partial charge in [0.15, 0.2) is 6.10 Å². The van der Waals surface area contributed by atoms with Crippen molar-refractivity contribution in [3.63, 3.8) is 0 Å². The van der Waals surface area contributed by atoms with Gasteiger partial charge < -0.3 is 24.4 Å². The van der Waals surface area contributed by atoms with Gasteiger partial charge in [-0.1, -0.05) is 32.0 Å². The van der Waals surface area contributed by atoms with E-state index in [2.05, 4.69) is 10.6 Å². The third kappa shape index (κ3) is 9.20. The van der Waals surface area contributed by atoms with Crippen molar-refractivity contribution in [3.05, 3.63) is 88.5 Å². The van der Waals surface area contributed by atoms with Gasteiger partial charge in [0, 0.05) is 43.8 Å². The predicted molar refractivity (Wildman–Crippen MR) is 198 cm³/mol. The summed E-state index contributed by atoms with van der Waals surface area (Å²) in [5, 5.41) is 14.4. The first-order valence-electron chi connectivity index (χ1n) is 18.6. The maximum absolute atomic E-state index is 13.5. The number of unbranched alkanes of at least 4 members (excludes halogenated alkanes) is 2. The molecular formula is C41H42F3N5O8. The van der Waals surface area contributed by atoms with Gasteiger partial charge in [-0.3, -0.25) is 34.2 Å². The number of halogens is 3. The van der Waals surface area contributed by atoms with Crippen LogP contribution in [0.2, 0.25) is 0 Å². The molecule has 0 saturated carbocycles. The van der Waals surface area contributed by atoms with Crippen LogP contribution in [0.4, 0.5) is 18.9 Å². The molecule has 3 aliphatic heterocycles. The molecule has 0 aliphatic carbocycles. The second kappa shape index (κ2) is 17.0. The van der Waals surface area contributed by atoms with E-state index in [0.29, 0.717) is 44.3 Å². The van der Waals surface area contributed by atoms with Crippen LogP contribution in [0.1, 0.15) is 83.4 Å². The molecule has 2 saturated heterocycles. The van der Waals surface area contributed by atoms with E-state index in [0.717, 1.165) is 41.9 Å². The minimum atomic E-state index is -4.74. The first kappa shape index (κ1) is 40.7. The summed E-state index contributed by atoms with van der Waals surface area (Å²) >= 11 is 0. The van der Waals surface area contributed by atoms with Crippen molar-refractivity contribution >= 4 is 35.2 Å². The Bertz CT molecular complexity index is 2080. The Morgan fingerprint density at radius 1 is 0.930 bits per heavy atom. The largest absolute Gasteiger partial charge is 0.494 e. The van der Waals surface area contributed by atoms with Crippen LogP contribution >= 0.6 is 0 Å². The lowest BCUT2D eigenvalue weighted by atomic mass is 9.89. The van der Waals surface area contributed by atoms with Crippen molar-refractivity contribution in [2.45, 2.75) is 70.8 Å². The van der Waals surface area contributed by atoms with Gasteiger partial charge in [0.2, 0.25) is 11.8 Å². The number of carbonyl (C=O) groups excluding carboxylic acids is 5. The van der Waals surface area contributed by atoms with E-state index in [1.54, 1.807) is 29.2 Å². The summed E-state index contributed by atoms with van der Waals surface area (Å²) in [4.78, 5) is 66.0. The van der Waals surface area contributed by atoms with Crippen LogP contribution in [0.25, 0.3) is 0 Å². The van der Waals surface area contributed by atoms with Crippen molar-refractivity contribution in [2.75, 3.05) is 38.2 Å². The van der Waals surface area contributed by atoms with E-state index in [4.69, 9.17) is 19.5 Å². The number of nitrogens with zero attached hydrogens (tertiary/aromatic N) is 3. The highest BCUT2D eigenvalue weighted by Gasteiger charge is 2.49. The average Bonchev–Trinajstić information content (AvgIpc) is 3.55. The molecule has 57 heavy (non-hydrogen) atoms. The molecule has 6 rings (SSSR count). The predicted octanol–water partition coefficient (Wildman–Crippen LogP) is 5.47. The molecular weight excluding hydrogens is 747 g/mol. The van der Waals surface area contributed by atoms with Crippen LogP contribution < -0.4 is 20.1 Å². The van der Waals surface area contributed by atoms with Gasteiger partial charge in [-0.25, -0.2) is 0 Å². The number of piperidine rings is 1. The minimum Gasteiger partial charge on any atom is -0.494 e. The van der Waals surface area contributed by atoms with Crippen LogP contribution in [0.5, 0.6) is 11.5 Å². The van der Waals surface area contributed by atoms with E-state index in [-0.39, 0.29) is 42.2 Å². The van der Waals surface area contributed by atoms with Crippen LogP contribution in [0.15, 0.2) is 60.7 Å². The van der Waals surface area contributed by atoms with Gasteiger partial charge in [0.25, 0.3) is 17.7 Å². The van der Waals surface area contributed by atoms with E-state index in [1.165, 1.54) is 6.07 Å². The summed E-state index contributed by atoms with van der Waals surface area (Å²) in [6.07, 6.45) is -3.16. The molecule has 2 unspecified atom stereocenters. The number of imide groups is 2. The van der Waals surface area contributed by atoms with Gasteiger partial charge in [-0.15, -0.1) is 0 Å². The minimum absolute atomic E-state index is 0.0486. The topological polar surface area (TPSA) is 167 Å². The second-order valence-corrected chi connectivity index (χ2v) is 14.8. The number of likely N-dealkylation sites (tertiary alicyclic amines) is 1. The Labute approximate surface area is 327 Å². The molecule has 300 valence electrons. The normalized spacial score (nSPS) is 19.1. The number of fused-ring (bicyclic) bond motifs is 1. The van der Waals surface area contributed by atoms with Crippen molar-refractivity contribution in [2.24, 2.45) is 5.41 Å². The van der Waals surface area contributed by atoms with Gasteiger partial charge in [0.05, 0.1) is 41.5 Å². The summed E-state index contributed by atoms with van der Waals surface area (Å²) < 4.78 is 57.8. The molecule has 3 aliphatic rings. The molecule has 2 N–H and O–H groups in total. The Kier molecular flexibility index (Phi) is 12.2. The summed E-state index contributed by atoms with van der Waals surface area (Å²) in [6, 6.07) is 15.8. The highest BCUT2D eigenvalue weighted by atomic mass is 19.4. The SMILES string of the molecule is CC1(C)CN(Cc2ccc(OCCCCCOCCNc3cccc4c3C(=O)N(C3CCC(=O)NC3=O)C4=O)cc2)C(=O)C1Oc1ccc(C#N)c(C(F)(F)F)c1. The number of rotatable bonds is 16. The summed E-state index contributed by atoms with van der Waals surface area (Å²) in [5.74, 6) is -2.03. The zero-order valence-corrected chi connectivity index (χ0v) is 31.4. The molecule has 0 spiro atoms. The van der Waals surface area contributed by atoms with Gasteiger partial charge in [-0.2, -0.15) is 18.4 Å². The van der Waals surface area contributed by atoms with Crippen LogP contribution in [0.3, 0.4) is 0 Å². The Morgan fingerprint density at radius 3 is 2.39 bits per heavy atom. The number of hydrogen-bond acceptors (Lipinski definition) is 10. The lowest BCUT2D eigenvalue weighted by Gasteiger charge is -2.27. The van der Waals surface area contributed by atoms with Crippen molar-refractivity contribution in [1.82, 2.24) is 15.1 Å². The van der Waals surface area contributed by atoms with E-state index < -0.39 is 58.5 Å². The number of benzene rings is 3. The molecule has 16 heteroatoms. The molecule has 3 aromatic rings. The summed E-state index contributed by atoms with van der Waals surface area (Å²) in [5.41, 5.74) is -0.601. The molecule has 0 bridgehead atoms. The van der Waals surface area contributed by atoms with Crippen LogP contribution in [-0.4, -0.2) is 84.4 Å². The van der Waals surface area contributed by atoms with Gasteiger partial charge in [0.1, 0.15) is 17.5 Å². The molecule has 2 fully saturated rings. The fraction of sp³-hybridized carbons (Fsp3) is 0.415. The highest BCUT2D eigenvalue weighted by Crippen LogP contribution is 2.38. The zero-order chi connectivity index (χ0) is 40.9. The molecule has 2 atom stereocenters.